The fourth-order valence-corrected chi connectivity index (χ4v) is 2.07. The Hall–Kier alpha value is -0.410. The van der Waals surface area contributed by atoms with Gasteiger partial charge in [-0.05, 0) is 6.92 Å². The van der Waals surface area contributed by atoms with E-state index in [9.17, 15) is 0 Å². The first kappa shape index (κ1) is 10.7. The second kappa shape index (κ2) is 5.35. The van der Waals surface area contributed by atoms with E-state index < -0.39 is 0 Å². The Bertz CT molecular complexity index is 234. The molecule has 0 unspecified atom stereocenters. The second-order valence-electron chi connectivity index (χ2n) is 3.11. The van der Waals surface area contributed by atoms with Gasteiger partial charge in [0.15, 0.2) is 0 Å². The highest BCUT2D eigenvalue weighted by atomic mass is 32.1. The van der Waals surface area contributed by atoms with E-state index in [-0.39, 0.29) is 0 Å². The van der Waals surface area contributed by atoms with Gasteiger partial charge in [0.25, 0.3) is 0 Å². The maximum atomic E-state index is 5.28. The van der Waals surface area contributed by atoms with Crippen LogP contribution in [0.3, 0.4) is 0 Å². The molecule has 1 aromatic heterocycles. The SMILES string of the molecule is CCC.Cc1nc2c(s1)COCC2. The minimum absolute atomic E-state index is 0.779. The molecule has 0 bridgehead atoms. The van der Waals surface area contributed by atoms with Crippen LogP contribution in [0.15, 0.2) is 0 Å². The molecule has 2 heterocycles. The number of aryl methyl sites for hydroxylation is 1. The van der Waals surface area contributed by atoms with Crippen LogP contribution >= 0.6 is 11.3 Å². The summed E-state index contributed by atoms with van der Waals surface area (Å²) in [7, 11) is 0. The third kappa shape index (κ3) is 3.08. The molecule has 0 aromatic carbocycles. The van der Waals surface area contributed by atoms with Crippen LogP contribution in [0.5, 0.6) is 0 Å². The smallest absolute Gasteiger partial charge is 0.0901 e. The molecule has 0 amide bonds. The molecule has 74 valence electrons. The maximum Gasteiger partial charge on any atom is 0.0901 e. The quantitative estimate of drug-likeness (QED) is 0.641. The van der Waals surface area contributed by atoms with Gasteiger partial charge in [-0.15, -0.1) is 11.3 Å². The fourth-order valence-electron chi connectivity index (χ4n) is 1.15. The number of hydrogen-bond donors (Lipinski definition) is 0. The minimum Gasteiger partial charge on any atom is -0.375 e. The van der Waals surface area contributed by atoms with E-state index >= 15 is 0 Å². The van der Waals surface area contributed by atoms with Gasteiger partial charge in [0.05, 0.1) is 28.8 Å². The molecule has 0 fully saturated rings. The van der Waals surface area contributed by atoms with E-state index in [1.165, 1.54) is 17.0 Å². The van der Waals surface area contributed by atoms with E-state index in [4.69, 9.17) is 4.74 Å². The van der Waals surface area contributed by atoms with E-state index in [2.05, 4.69) is 18.8 Å². The van der Waals surface area contributed by atoms with Gasteiger partial charge >= 0.3 is 0 Å². The molecule has 0 atom stereocenters. The van der Waals surface area contributed by atoms with Crippen LogP contribution in [0.25, 0.3) is 0 Å². The van der Waals surface area contributed by atoms with Crippen molar-refractivity contribution in [3.63, 3.8) is 0 Å². The van der Waals surface area contributed by atoms with Crippen molar-refractivity contribution < 1.29 is 4.74 Å². The Morgan fingerprint density at radius 1 is 1.46 bits per heavy atom. The monoisotopic (exact) mass is 199 g/mol. The summed E-state index contributed by atoms with van der Waals surface area (Å²) in [5, 5.41) is 1.16. The molecule has 0 spiro atoms. The van der Waals surface area contributed by atoms with Crippen LogP contribution in [-0.4, -0.2) is 11.6 Å². The zero-order valence-corrected chi connectivity index (χ0v) is 9.41. The molecule has 0 N–H and O–H groups in total. The molecule has 2 rings (SSSR count). The molecule has 2 nitrogen and oxygen atoms in total. The van der Waals surface area contributed by atoms with Crippen LogP contribution in [0.4, 0.5) is 0 Å². The predicted octanol–water partition coefficient (Wildman–Crippen LogP) is 2.94. The summed E-state index contributed by atoms with van der Waals surface area (Å²) in [6.07, 6.45) is 2.25. The minimum atomic E-state index is 0.779. The Kier molecular flexibility index (Phi) is 4.39. The molecule has 13 heavy (non-hydrogen) atoms. The van der Waals surface area contributed by atoms with Gasteiger partial charge < -0.3 is 4.74 Å². The van der Waals surface area contributed by atoms with Crippen LogP contribution < -0.4 is 0 Å². The molecule has 0 saturated carbocycles. The lowest BCUT2D eigenvalue weighted by atomic mass is 10.2. The highest BCUT2D eigenvalue weighted by Gasteiger charge is 2.12. The highest BCUT2D eigenvalue weighted by molar-refractivity contribution is 7.11. The van der Waals surface area contributed by atoms with E-state index in [1.807, 2.05) is 6.92 Å². The Balaban J connectivity index is 0.000000251. The van der Waals surface area contributed by atoms with Crippen molar-refractivity contribution in [3.8, 4) is 0 Å². The summed E-state index contributed by atoms with van der Waals surface area (Å²) in [5.74, 6) is 0. The molecule has 1 aliphatic rings. The van der Waals surface area contributed by atoms with Crippen molar-refractivity contribution in [1.29, 1.82) is 0 Å². The average molecular weight is 199 g/mol. The molecule has 1 aromatic rings. The lowest BCUT2D eigenvalue weighted by Gasteiger charge is -2.08. The highest BCUT2D eigenvalue weighted by Crippen LogP contribution is 2.22. The molecule has 0 saturated heterocycles. The molecule has 0 aliphatic carbocycles. The van der Waals surface area contributed by atoms with Gasteiger partial charge in [0.1, 0.15) is 0 Å². The Morgan fingerprint density at radius 3 is 2.77 bits per heavy atom. The van der Waals surface area contributed by atoms with Crippen molar-refractivity contribution >= 4 is 11.3 Å². The number of fused-ring (bicyclic) bond motifs is 1. The largest absolute Gasteiger partial charge is 0.375 e. The van der Waals surface area contributed by atoms with Gasteiger partial charge in [0.2, 0.25) is 0 Å². The zero-order chi connectivity index (χ0) is 9.68. The number of aromatic nitrogens is 1. The average Bonchev–Trinajstić information content (AvgIpc) is 2.45. The number of rotatable bonds is 0. The lowest BCUT2D eigenvalue weighted by Crippen LogP contribution is -2.07. The fraction of sp³-hybridized carbons (Fsp3) is 0.700. The van der Waals surface area contributed by atoms with E-state index in [1.54, 1.807) is 11.3 Å². The van der Waals surface area contributed by atoms with Gasteiger partial charge in [-0.3, -0.25) is 0 Å². The standard InChI is InChI=1S/C7H9NOS.C3H8/c1-5-8-6-2-3-9-4-7(6)10-5;1-3-2/h2-4H2,1H3;3H2,1-2H3. The molecular formula is C10H17NOS. The van der Waals surface area contributed by atoms with Crippen molar-refractivity contribution in [2.45, 2.75) is 40.2 Å². The Morgan fingerprint density at radius 2 is 2.15 bits per heavy atom. The summed E-state index contributed by atoms with van der Waals surface area (Å²) in [4.78, 5) is 5.71. The van der Waals surface area contributed by atoms with Gasteiger partial charge in [0, 0.05) is 6.42 Å². The van der Waals surface area contributed by atoms with Gasteiger partial charge in [-0.1, -0.05) is 20.3 Å². The maximum absolute atomic E-state index is 5.28. The first-order valence-corrected chi connectivity index (χ1v) is 5.62. The number of ether oxygens (including phenoxy) is 1. The summed E-state index contributed by atoms with van der Waals surface area (Å²) >= 11 is 1.75. The summed E-state index contributed by atoms with van der Waals surface area (Å²) in [6, 6.07) is 0. The molecule has 1 aliphatic heterocycles. The summed E-state index contributed by atoms with van der Waals surface area (Å²) in [6.45, 7) is 7.92. The topological polar surface area (TPSA) is 22.1 Å². The first-order valence-electron chi connectivity index (χ1n) is 4.80. The first-order chi connectivity index (χ1) is 6.27. The van der Waals surface area contributed by atoms with Crippen molar-refractivity contribution in [3.05, 3.63) is 15.6 Å². The number of hydrogen-bond acceptors (Lipinski definition) is 3. The number of nitrogens with zero attached hydrogens (tertiary/aromatic N) is 1. The predicted molar refractivity (Wildman–Crippen MR) is 56.2 cm³/mol. The van der Waals surface area contributed by atoms with E-state index in [0.717, 1.165) is 24.6 Å². The van der Waals surface area contributed by atoms with Crippen molar-refractivity contribution in [1.82, 2.24) is 4.98 Å². The van der Waals surface area contributed by atoms with Gasteiger partial charge in [-0.2, -0.15) is 0 Å². The van der Waals surface area contributed by atoms with Crippen LogP contribution in [0, 0.1) is 6.92 Å². The normalized spacial score (nSPS) is 14.4. The van der Waals surface area contributed by atoms with Crippen LogP contribution in [-0.2, 0) is 17.8 Å². The molecular weight excluding hydrogens is 182 g/mol. The van der Waals surface area contributed by atoms with Crippen LogP contribution in [0.1, 0.15) is 35.8 Å². The van der Waals surface area contributed by atoms with Crippen molar-refractivity contribution in [2.24, 2.45) is 0 Å². The molecule has 3 heteroatoms. The Labute approximate surface area is 84.0 Å². The third-order valence-corrected chi connectivity index (χ3v) is 2.59. The summed E-state index contributed by atoms with van der Waals surface area (Å²) in [5.41, 5.74) is 1.26. The summed E-state index contributed by atoms with van der Waals surface area (Å²) < 4.78 is 5.28. The lowest BCUT2D eigenvalue weighted by molar-refractivity contribution is 0.112. The van der Waals surface area contributed by atoms with Gasteiger partial charge in [-0.25, -0.2) is 4.98 Å². The molecule has 0 radical (unpaired) electrons. The van der Waals surface area contributed by atoms with E-state index in [0.29, 0.717) is 0 Å². The second-order valence-corrected chi connectivity index (χ2v) is 4.40. The number of thiazole rings is 1. The van der Waals surface area contributed by atoms with Crippen LogP contribution in [0.2, 0.25) is 0 Å². The zero-order valence-electron chi connectivity index (χ0n) is 8.59. The third-order valence-electron chi connectivity index (χ3n) is 1.60. The van der Waals surface area contributed by atoms with Crippen molar-refractivity contribution in [2.75, 3.05) is 6.61 Å².